The van der Waals surface area contributed by atoms with Crippen LogP contribution < -0.4 is 15.1 Å². The van der Waals surface area contributed by atoms with Crippen LogP contribution in [0.1, 0.15) is 35.2 Å². The Bertz CT molecular complexity index is 1240. The summed E-state index contributed by atoms with van der Waals surface area (Å²) in [6.45, 7) is 8.90. The minimum atomic E-state index is -0.900. The molecule has 1 aromatic carbocycles. The number of terminal acetylenes is 1. The largest absolute Gasteiger partial charge is 0.360 e. The van der Waals surface area contributed by atoms with Crippen molar-refractivity contribution in [2.45, 2.75) is 31.7 Å². The van der Waals surface area contributed by atoms with Gasteiger partial charge in [0.25, 0.3) is 17.6 Å². The first-order valence-corrected chi connectivity index (χ1v) is 10.3. The number of halogens is 1. The molecule has 1 saturated heterocycles. The molecule has 0 radical (unpaired) electrons. The van der Waals surface area contributed by atoms with E-state index in [9.17, 15) is 14.0 Å². The molecule has 9 heteroatoms. The van der Waals surface area contributed by atoms with Crippen LogP contribution in [-0.4, -0.2) is 34.0 Å². The van der Waals surface area contributed by atoms with Crippen molar-refractivity contribution in [1.29, 1.82) is 0 Å². The molecule has 0 atom stereocenters. The van der Waals surface area contributed by atoms with Gasteiger partial charge in [0, 0.05) is 5.69 Å². The van der Waals surface area contributed by atoms with E-state index in [0.717, 1.165) is 6.42 Å². The van der Waals surface area contributed by atoms with Crippen LogP contribution in [0.3, 0.4) is 0 Å². The first-order valence-electron chi connectivity index (χ1n) is 9.88. The van der Waals surface area contributed by atoms with Crippen LogP contribution in [0.15, 0.2) is 30.5 Å². The third kappa shape index (κ3) is 3.19. The van der Waals surface area contributed by atoms with Crippen molar-refractivity contribution in [3.05, 3.63) is 58.8 Å². The van der Waals surface area contributed by atoms with Crippen LogP contribution in [0.25, 0.3) is 4.85 Å². The van der Waals surface area contributed by atoms with E-state index < -0.39 is 17.3 Å². The van der Waals surface area contributed by atoms with Gasteiger partial charge < -0.3 is 15.1 Å². The van der Waals surface area contributed by atoms with E-state index in [0.29, 0.717) is 29.8 Å². The maximum absolute atomic E-state index is 14.8. The predicted octanol–water partition coefficient (Wildman–Crippen LogP) is 3.50. The molecule has 0 bridgehead atoms. The Kier molecular flexibility index (Phi) is 5.37. The zero-order valence-corrected chi connectivity index (χ0v) is 18.0. The molecule has 1 aromatic heterocycles. The van der Waals surface area contributed by atoms with Crippen LogP contribution >= 0.6 is 12.2 Å². The highest BCUT2D eigenvalue weighted by Crippen LogP contribution is 2.48. The molecule has 2 amide bonds. The second-order valence-corrected chi connectivity index (χ2v) is 8.01. The molecule has 1 N–H and O–H groups in total. The quantitative estimate of drug-likeness (QED) is 0.441. The molecular weight excluding hydrogens is 429 g/mol. The average molecular weight is 447 g/mol. The number of pyridine rings is 1. The Morgan fingerprint density at radius 1 is 1.41 bits per heavy atom. The summed E-state index contributed by atoms with van der Waals surface area (Å²) < 4.78 is 14.8. The Morgan fingerprint density at radius 2 is 2.16 bits per heavy atom. The number of hydrogen-bond donors (Lipinski definition) is 1. The number of carbonyl (C=O) groups is 2. The Balaban J connectivity index is 1.72. The maximum Gasteiger partial charge on any atom is 0.272 e. The van der Waals surface area contributed by atoms with Gasteiger partial charge in [-0.1, -0.05) is 12.5 Å². The van der Waals surface area contributed by atoms with Gasteiger partial charge in [-0.2, -0.15) is 0 Å². The number of benzene rings is 1. The van der Waals surface area contributed by atoms with Gasteiger partial charge >= 0.3 is 0 Å². The molecule has 1 aliphatic heterocycles. The summed E-state index contributed by atoms with van der Waals surface area (Å²) >= 11 is 5.66. The molecule has 0 unspecified atom stereocenters. The fourth-order valence-electron chi connectivity index (χ4n) is 4.05. The third-order valence-corrected chi connectivity index (χ3v) is 6.16. The van der Waals surface area contributed by atoms with Gasteiger partial charge in [0.05, 0.1) is 17.8 Å². The number of amides is 2. The van der Waals surface area contributed by atoms with Crippen LogP contribution in [0, 0.1) is 31.7 Å². The van der Waals surface area contributed by atoms with Crippen molar-refractivity contribution in [1.82, 2.24) is 10.3 Å². The van der Waals surface area contributed by atoms with Crippen molar-refractivity contribution in [2.75, 3.05) is 16.3 Å². The molecule has 1 aliphatic carbocycles. The highest BCUT2D eigenvalue weighted by molar-refractivity contribution is 7.81. The van der Waals surface area contributed by atoms with E-state index >= 15 is 0 Å². The molecule has 2 aliphatic rings. The number of nitrogens with zero attached hydrogens (tertiary/aromatic N) is 4. The monoisotopic (exact) mass is 447 g/mol. The Hall–Kier alpha value is -3.82. The molecule has 1 saturated carbocycles. The summed E-state index contributed by atoms with van der Waals surface area (Å²) in [6, 6.07) is 5.83. The van der Waals surface area contributed by atoms with E-state index in [4.69, 9.17) is 25.2 Å². The number of anilines is 2. The van der Waals surface area contributed by atoms with Crippen molar-refractivity contribution in [3.63, 3.8) is 0 Å². The van der Waals surface area contributed by atoms with E-state index in [1.165, 1.54) is 23.2 Å². The molecule has 4 rings (SSSR count). The average Bonchev–Trinajstić information content (AvgIpc) is 2.98. The predicted molar refractivity (Wildman–Crippen MR) is 122 cm³/mol. The summed E-state index contributed by atoms with van der Waals surface area (Å²) in [7, 11) is 0. The van der Waals surface area contributed by atoms with Gasteiger partial charge in [0.15, 0.2) is 5.11 Å². The highest BCUT2D eigenvalue weighted by Gasteiger charge is 2.59. The number of carbonyl (C=O) groups excluding carboxylic acids is 2. The highest BCUT2D eigenvalue weighted by atomic mass is 32.1. The zero-order valence-electron chi connectivity index (χ0n) is 17.2. The summed E-state index contributed by atoms with van der Waals surface area (Å²) in [6.07, 6.45) is 8.55. The van der Waals surface area contributed by atoms with E-state index in [1.807, 2.05) is 0 Å². The van der Waals surface area contributed by atoms with Gasteiger partial charge in [-0.25, -0.2) is 4.39 Å². The van der Waals surface area contributed by atoms with E-state index in [2.05, 4.69) is 21.1 Å². The lowest BCUT2D eigenvalue weighted by atomic mass is 9.75. The molecule has 7 nitrogen and oxygen atoms in total. The fraction of sp³-hybridized carbons (Fsp3) is 0.261. The van der Waals surface area contributed by atoms with Crippen molar-refractivity contribution >= 4 is 46.3 Å². The van der Waals surface area contributed by atoms with Crippen LogP contribution in [0.5, 0.6) is 0 Å². The summed E-state index contributed by atoms with van der Waals surface area (Å²) in [4.78, 5) is 36.1. The van der Waals surface area contributed by atoms with E-state index in [1.54, 1.807) is 24.0 Å². The molecule has 1 spiro atoms. The summed E-state index contributed by atoms with van der Waals surface area (Å²) in [5.74, 6) is 0.959. The third-order valence-electron chi connectivity index (χ3n) is 5.80. The smallest absolute Gasteiger partial charge is 0.272 e. The standard InChI is InChI=1S/C23H18FN5O2S/c1-4-10-26-20(30)17-7-6-15(12-18(17)24)29-22(32)28(21(31)23(29)8-5-9-23)16-11-14(2)19(25-3)27-13-16/h1,6-7,11-13H,5,8-10H2,2H3,(H,26,30). The minimum Gasteiger partial charge on any atom is -0.360 e. The molecule has 2 heterocycles. The number of nitrogens with one attached hydrogen (secondary N) is 1. The second-order valence-electron chi connectivity index (χ2n) is 7.64. The normalized spacial score (nSPS) is 16.5. The molecule has 2 fully saturated rings. The minimum absolute atomic E-state index is 0.0114. The number of rotatable bonds is 4. The number of aromatic nitrogens is 1. The van der Waals surface area contributed by atoms with Gasteiger partial charge in [-0.15, -0.1) is 11.4 Å². The lowest BCUT2D eigenvalue weighted by molar-refractivity contribution is -0.123. The van der Waals surface area contributed by atoms with Gasteiger partial charge in [-0.05, 0) is 68.2 Å². The number of thiocarbonyl (C=S) groups is 1. The molecular formula is C23H18FN5O2S. The zero-order chi connectivity index (χ0) is 23.0. The fourth-order valence-corrected chi connectivity index (χ4v) is 4.52. The molecule has 2 aromatic rings. The van der Waals surface area contributed by atoms with Crippen molar-refractivity contribution in [2.24, 2.45) is 0 Å². The Labute approximate surface area is 190 Å². The molecule has 32 heavy (non-hydrogen) atoms. The Morgan fingerprint density at radius 3 is 2.72 bits per heavy atom. The SMILES string of the molecule is [C-]#[N+]c1ncc(N2C(=O)C3(CCC3)N(c3ccc(C(=O)NCC#C)c(F)c3)C2=S)cc1C. The van der Waals surface area contributed by atoms with Crippen LogP contribution in [0.2, 0.25) is 0 Å². The first kappa shape index (κ1) is 21.4. The summed E-state index contributed by atoms with van der Waals surface area (Å²) in [5, 5.41) is 2.64. The summed E-state index contributed by atoms with van der Waals surface area (Å²) in [5.41, 5.74) is 0.434. The maximum atomic E-state index is 14.8. The topological polar surface area (TPSA) is 69.9 Å². The lowest BCUT2D eigenvalue weighted by Gasteiger charge is -2.43. The van der Waals surface area contributed by atoms with Crippen molar-refractivity contribution in [3.8, 4) is 12.3 Å². The van der Waals surface area contributed by atoms with E-state index in [-0.39, 0.29) is 28.9 Å². The van der Waals surface area contributed by atoms with Crippen LogP contribution in [-0.2, 0) is 4.79 Å². The first-order chi connectivity index (χ1) is 15.3. The van der Waals surface area contributed by atoms with Crippen LogP contribution in [0.4, 0.5) is 21.6 Å². The number of aryl methyl sites for hydroxylation is 1. The lowest BCUT2D eigenvalue weighted by Crippen LogP contribution is -2.55. The second kappa shape index (κ2) is 8.03. The van der Waals surface area contributed by atoms with Crippen molar-refractivity contribution < 1.29 is 14.0 Å². The molecule has 160 valence electrons. The van der Waals surface area contributed by atoms with Gasteiger partial charge in [0.2, 0.25) is 0 Å². The van der Waals surface area contributed by atoms with Gasteiger partial charge in [-0.3, -0.25) is 14.5 Å². The van der Waals surface area contributed by atoms with Gasteiger partial charge in [0.1, 0.15) is 17.6 Å². The number of hydrogen-bond acceptors (Lipinski definition) is 4.